The second-order valence-electron chi connectivity index (χ2n) is 6.24. The lowest BCUT2D eigenvalue weighted by Gasteiger charge is -2.27. The summed E-state index contributed by atoms with van der Waals surface area (Å²) in [7, 11) is 0. The number of non-ortho nitro benzene ring substituents is 1. The van der Waals surface area contributed by atoms with Crippen LogP contribution in [0.4, 0.5) is 5.69 Å². The number of piperazine rings is 1. The summed E-state index contributed by atoms with van der Waals surface area (Å²) in [6.07, 6.45) is 0.845. The average Bonchev–Trinajstić information content (AvgIpc) is 2.65. The molecular weight excluding hydrogens is 338 g/mol. The summed E-state index contributed by atoms with van der Waals surface area (Å²) >= 11 is 0. The number of benzene rings is 1. The monoisotopic (exact) mass is 363 g/mol. The van der Waals surface area contributed by atoms with Crippen LogP contribution in [0.15, 0.2) is 24.3 Å². The van der Waals surface area contributed by atoms with Crippen LogP contribution >= 0.6 is 0 Å². The summed E-state index contributed by atoms with van der Waals surface area (Å²) in [6.45, 7) is 7.07. The minimum Gasteiger partial charge on any atom is -0.354 e. The fourth-order valence-corrected chi connectivity index (χ4v) is 2.71. The lowest BCUT2D eigenvalue weighted by molar-refractivity contribution is -0.384. The van der Waals surface area contributed by atoms with Crippen LogP contribution in [0.1, 0.15) is 23.7 Å². The summed E-state index contributed by atoms with van der Waals surface area (Å²) in [5.74, 6) is -0.791. The highest BCUT2D eigenvalue weighted by Gasteiger charge is 2.18. The van der Waals surface area contributed by atoms with Gasteiger partial charge in [-0.2, -0.15) is 0 Å². The average molecular weight is 363 g/mol. The van der Waals surface area contributed by atoms with Gasteiger partial charge in [0.15, 0.2) is 0 Å². The van der Waals surface area contributed by atoms with E-state index in [0.29, 0.717) is 6.54 Å². The SMILES string of the molecule is CC(NC(=O)c1cccc([N+](=O)[O-])c1)C(=O)NCCCN1CCNCC1. The molecule has 1 fully saturated rings. The molecule has 1 aromatic rings. The summed E-state index contributed by atoms with van der Waals surface area (Å²) in [6, 6.07) is 4.69. The van der Waals surface area contributed by atoms with Crippen molar-refractivity contribution in [2.45, 2.75) is 19.4 Å². The maximum absolute atomic E-state index is 12.1. The van der Waals surface area contributed by atoms with E-state index < -0.39 is 16.9 Å². The quantitative estimate of drug-likeness (QED) is 0.343. The van der Waals surface area contributed by atoms with Crippen molar-refractivity contribution in [1.29, 1.82) is 0 Å². The van der Waals surface area contributed by atoms with E-state index in [2.05, 4.69) is 20.9 Å². The fourth-order valence-electron chi connectivity index (χ4n) is 2.71. The zero-order valence-corrected chi connectivity index (χ0v) is 14.9. The molecule has 0 aliphatic carbocycles. The first-order chi connectivity index (χ1) is 12.5. The molecular formula is C17H25N5O4. The lowest BCUT2D eigenvalue weighted by atomic mass is 10.1. The van der Waals surface area contributed by atoms with E-state index in [0.717, 1.165) is 39.1 Å². The summed E-state index contributed by atoms with van der Waals surface area (Å²) in [4.78, 5) is 36.8. The number of rotatable bonds is 8. The van der Waals surface area contributed by atoms with Crippen molar-refractivity contribution in [2.24, 2.45) is 0 Å². The standard InChI is InChI=1S/C17H25N5O4/c1-13(16(23)19-6-3-9-21-10-7-18-8-11-21)20-17(24)14-4-2-5-15(12-14)22(25)26/h2,4-5,12-13,18H,3,6-11H2,1H3,(H,19,23)(H,20,24). The highest BCUT2D eigenvalue weighted by molar-refractivity contribution is 5.97. The van der Waals surface area contributed by atoms with Gasteiger partial charge in [0.2, 0.25) is 5.91 Å². The number of hydrogen-bond donors (Lipinski definition) is 3. The third kappa shape index (κ3) is 6.08. The van der Waals surface area contributed by atoms with Crippen LogP contribution in [-0.4, -0.2) is 66.9 Å². The van der Waals surface area contributed by atoms with Gasteiger partial charge in [0, 0.05) is 50.4 Å². The van der Waals surface area contributed by atoms with E-state index in [9.17, 15) is 19.7 Å². The lowest BCUT2D eigenvalue weighted by Crippen LogP contribution is -2.46. The van der Waals surface area contributed by atoms with Gasteiger partial charge in [0.1, 0.15) is 6.04 Å². The predicted octanol–water partition coefficient (Wildman–Crippen LogP) is 0.125. The first kappa shape index (κ1) is 19.8. The molecule has 2 amide bonds. The molecule has 1 aliphatic rings. The number of carbonyl (C=O) groups excluding carboxylic acids is 2. The van der Waals surface area contributed by atoms with Crippen LogP contribution in [0.25, 0.3) is 0 Å². The summed E-state index contributed by atoms with van der Waals surface area (Å²) in [5.41, 5.74) is -0.0137. The van der Waals surface area contributed by atoms with Gasteiger partial charge in [-0.05, 0) is 26.0 Å². The molecule has 3 N–H and O–H groups in total. The fraction of sp³-hybridized carbons (Fsp3) is 0.529. The topological polar surface area (TPSA) is 117 Å². The molecule has 0 bridgehead atoms. The van der Waals surface area contributed by atoms with E-state index in [4.69, 9.17) is 0 Å². The largest absolute Gasteiger partial charge is 0.354 e. The second-order valence-corrected chi connectivity index (χ2v) is 6.24. The van der Waals surface area contributed by atoms with Crippen LogP contribution in [0.3, 0.4) is 0 Å². The first-order valence-electron chi connectivity index (χ1n) is 8.73. The van der Waals surface area contributed by atoms with Crippen LogP contribution in [0.2, 0.25) is 0 Å². The maximum Gasteiger partial charge on any atom is 0.270 e. The van der Waals surface area contributed by atoms with Crippen molar-refractivity contribution in [2.75, 3.05) is 39.3 Å². The number of carbonyl (C=O) groups is 2. The molecule has 1 atom stereocenters. The zero-order chi connectivity index (χ0) is 18.9. The van der Waals surface area contributed by atoms with Crippen molar-refractivity contribution >= 4 is 17.5 Å². The van der Waals surface area contributed by atoms with Crippen molar-refractivity contribution < 1.29 is 14.5 Å². The Bertz CT molecular complexity index is 646. The molecule has 1 aliphatic heterocycles. The molecule has 142 valence electrons. The van der Waals surface area contributed by atoms with Crippen LogP contribution in [0.5, 0.6) is 0 Å². The molecule has 1 heterocycles. The van der Waals surface area contributed by atoms with Crippen molar-refractivity contribution in [3.63, 3.8) is 0 Å². The minimum absolute atomic E-state index is 0.151. The van der Waals surface area contributed by atoms with E-state index >= 15 is 0 Å². The van der Waals surface area contributed by atoms with Crippen molar-refractivity contribution in [3.05, 3.63) is 39.9 Å². The third-order valence-corrected chi connectivity index (χ3v) is 4.22. The molecule has 1 saturated heterocycles. The minimum atomic E-state index is -0.721. The van der Waals surface area contributed by atoms with Gasteiger partial charge in [-0.3, -0.25) is 19.7 Å². The normalized spacial score (nSPS) is 15.9. The van der Waals surface area contributed by atoms with Gasteiger partial charge in [-0.15, -0.1) is 0 Å². The third-order valence-electron chi connectivity index (χ3n) is 4.22. The number of amides is 2. The van der Waals surface area contributed by atoms with Gasteiger partial charge < -0.3 is 20.9 Å². The Labute approximate surface area is 152 Å². The van der Waals surface area contributed by atoms with Crippen LogP contribution < -0.4 is 16.0 Å². The molecule has 9 nitrogen and oxygen atoms in total. The highest BCUT2D eigenvalue weighted by atomic mass is 16.6. The highest BCUT2D eigenvalue weighted by Crippen LogP contribution is 2.13. The molecule has 9 heteroatoms. The van der Waals surface area contributed by atoms with Gasteiger partial charge >= 0.3 is 0 Å². The molecule has 1 aromatic carbocycles. The van der Waals surface area contributed by atoms with E-state index in [1.807, 2.05) is 0 Å². The Hall–Kier alpha value is -2.52. The summed E-state index contributed by atoms with van der Waals surface area (Å²) in [5, 5.41) is 19.4. The first-order valence-corrected chi connectivity index (χ1v) is 8.73. The Morgan fingerprint density at radius 3 is 2.77 bits per heavy atom. The number of nitrogens with zero attached hydrogens (tertiary/aromatic N) is 2. The van der Waals surface area contributed by atoms with Gasteiger partial charge in [-0.25, -0.2) is 0 Å². The molecule has 0 radical (unpaired) electrons. The number of hydrogen-bond acceptors (Lipinski definition) is 6. The van der Waals surface area contributed by atoms with Crippen molar-refractivity contribution in [3.8, 4) is 0 Å². The van der Waals surface area contributed by atoms with E-state index in [1.165, 1.54) is 24.3 Å². The molecule has 0 spiro atoms. The number of nitro groups is 1. The van der Waals surface area contributed by atoms with Gasteiger partial charge in [0.25, 0.3) is 11.6 Å². The van der Waals surface area contributed by atoms with E-state index in [-0.39, 0.29) is 17.2 Å². The van der Waals surface area contributed by atoms with Crippen molar-refractivity contribution in [1.82, 2.24) is 20.9 Å². The van der Waals surface area contributed by atoms with Crippen LogP contribution in [0, 0.1) is 10.1 Å². The number of nitrogens with one attached hydrogen (secondary N) is 3. The van der Waals surface area contributed by atoms with E-state index in [1.54, 1.807) is 6.92 Å². The number of nitro benzene ring substituents is 1. The Kier molecular flexibility index (Phi) is 7.49. The smallest absolute Gasteiger partial charge is 0.270 e. The molecule has 1 unspecified atom stereocenters. The van der Waals surface area contributed by atoms with Gasteiger partial charge in [0.05, 0.1) is 4.92 Å². The molecule has 0 saturated carbocycles. The second kappa shape index (κ2) is 9.83. The summed E-state index contributed by atoms with van der Waals surface area (Å²) < 4.78 is 0. The predicted molar refractivity (Wildman–Crippen MR) is 97.0 cm³/mol. The van der Waals surface area contributed by atoms with Crippen LogP contribution in [-0.2, 0) is 4.79 Å². The zero-order valence-electron chi connectivity index (χ0n) is 14.9. The molecule has 0 aromatic heterocycles. The Balaban J connectivity index is 1.72. The van der Waals surface area contributed by atoms with Gasteiger partial charge in [-0.1, -0.05) is 6.07 Å². The molecule has 26 heavy (non-hydrogen) atoms. The Morgan fingerprint density at radius 2 is 2.08 bits per heavy atom. The Morgan fingerprint density at radius 1 is 1.35 bits per heavy atom. The molecule has 2 rings (SSSR count). The maximum atomic E-state index is 12.1.